The number of alkyl halides is 3. The van der Waals surface area contributed by atoms with Gasteiger partial charge in [-0.3, -0.25) is 4.68 Å². The summed E-state index contributed by atoms with van der Waals surface area (Å²) in [6, 6.07) is 0.395. The zero-order valence-corrected chi connectivity index (χ0v) is 8.30. The molecule has 0 amide bonds. The first-order valence-corrected chi connectivity index (χ1v) is 4.80. The Hall–Kier alpha value is -1.04. The van der Waals surface area contributed by atoms with Crippen LogP contribution in [0.25, 0.3) is 0 Å². The highest BCUT2D eigenvalue weighted by Crippen LogP contribution is 2.31. The van der Waals surface area contributed by atoms with E-state index in [1.165, 1.54) is 17.9 Å². The molecule has 1 aliphatic rings. The minimum Gasteiger partial charge on any atom is -0.310 e. The smallest absolute Gasteiger partial charge is 0.310 e. The van der Waals surface area contributed by atoms with Crippen molar-refractivity contribution in [1.29, 1.82) is 0 Å². The van der Waals surface area contributed by atoms with Crippen molar-refractivity contribution >= 4 is 0 Å². The van der Waals surface area contributed by atoms with E-state index in [9.17, 15) is 13.2 Å². The summed E-state index contributed by atoms with van der Waals surface area (Å²) in [5.41, 5.74) is -0.560. The maximum absolute atomic E-state index is 12.5. The van der Waals surface area contributed by atoms with Crippen molar-refractivity contribution in [3.05, 3.63) is 17.5 Å². The molecular formula is C9H12F3N3. The molecule has 1 aromatic heterocycles. The van der Waals surface area contributed by atoms with Crippen LogP contribution in [-0.4, -0.2) is 15.8 Å². The van der Waals surface area contributed by atoms with Gasteiger partial charge in [-0.2, -0.15) is 18.3 Å². The van der Waals surface area contributed by atoms with E-state index in [1.807, 2.05) is 0 Å². The molecule has 0 bridgehead atoms. The zero-order valence-electron chi connectivity index (χ0n) is 8.30. The van der Waals surface area contributed by atoms with Crippen LogP contribution >= 0.6 is 0 Å². The van der Waals surface area contributed by atoms with Gasteiger partial charge in [0, 0.05) is 31.4 Å². The summed E-state index contributed by atoms with van der Waals surface area (Å²) in [4.78, 5) is 0. The topological polar surface area (TPSA) is 29.9 Å². The molecule has 1 saturated carbocycles. The lowest BCUT2D eigenvalue weighted by atomic mass is 10.2. The molecule has 2 rings (SSSR count). The van der Waals surface area contributed by atoms with E-state index in [4.69, 9.17) is 0 Å². The van der Waals surface area contributed by atoms with Crippen LogP contribution in [0.4, 0.5) is 13.2 Å². The number of nitrogens with zero attached hydrogens (tertiary/aromatic N) is 2. The van der Waals surface area contributed by atoms with Gasteiger partial charge in [0.25, 0.3) is 0 Å². The summed E-state index contributed by atoms with van der Waals surface area (Å²) < 4.78 is 38.7. The van der Waals surface area contributed by atoms with E-state index in [0.29, 0.717) is 6.04 Å². The Balaban J connectivity index is 2.13. The third-order valence-electron chi connectivity index (χ3n) is 2.33. The first kappa shape index (κ1) is 10.5. The average molecular weight is 219 g/mol. The monoisotopic (exact) mass is 219 g/mol. The van der Waals surface area contributed by atoms with Gasteiger partial charge in [0.2, 0.25) is 0 Å². The highest BCUT2D eigenvalue weighted by molar-refractivity contribution is 5.20. The summed E-state index contributed by atoms with van der Waals surface area (Å²) in [6.45, 7) is 0.243. The highest BCUT2D eigenvalue weighted by Gasteiger charge is 2.37. The summed E-state index contributed by atoms with van der Waals surface area (Å²) >= 11 is 0. The largest absolute Gasteiger partial charge is 0.435 e. The fraction of sp³-hybridized carbons (Fsp3) is 0.667. The Labute approximate surface area is 85.3 Å². The molecule has 15 heavy (non-hydrogen) atoms. The van der Waals surface area contributed by atoms with Crippen molar-refractivity contribution in [1.82, 2.24) is 15.1 Å². The standard InChI is InChI=1S/C9H12F3N3/c1-15-5-6(4-13-7-2-3-7)8(14-15)9(10,11)12/h5,7,13H,2-4H2,1H3. The van der Waals surface area contributed by atoms with Gasteiger partial charge in [0.15, 0.2) is 5.69 Å². The molecule has 0 aliphatic heterocycles. The summed E-state index contributed by atoms with van der Waals surface area (Å²) in [5, 5.41) is 6.48. The Kier molecular flexibility index (Phi) is 2.46. The van der Waals surface area contributed by atoms with Crippen LogP contribution in [-0.2, 0) is 19.8 Å². The van der Waals surface area contributed by atoms with Crippen LogP contribution in [0, 0.1) is 0 Å². The molecule has 0 spiro atoms. The SMILES string of the molecule is Cn1cc(CNC2CC2)c(C(F)(F)F)n1. The van der Waals surface area contributed by atoms with Crippen molar-refractivity contribution in [3.63, 3.8) is 0 Å². The van der Waals surface area contributed by atoms with Gasteiger partial charge in [-0.05, 0) is 12.8 Å². The van der Waals surface area contributed by atoms with Crippen molar-refractivity contribution < 1.29 is 13.2 Å². The van der Waals surface area contributed by atoms with E-state index >= 15 is 0 Å². The zero-order chi connectivity index (χ0) is 11.1. The molecule has 0 saturated heterocycles. The minimum absolute atomic E-state index is 0.219. The Morgan fingerprint density at radius 3 is 2.73 bits per heavy atom. The molecule has 3 nitrogen and oxygen atoms in total. The molecule has 1 heterocycles. The van der Waals surface area contributed by atoms with Gasteiger partial charge >= 0.3 is 6.18 Å². The Morgan fingerprint density at radius 2 is 2.20 bits per heavy atom. The molecule has 0 unspecified atom stereocenters. The lowest BCUT2D eigenvalue weighted by Gasteiger charge is -2.06. The van der Waals surface area contributed by atoms with Gasteiger partial charge in [-0.1, -0.05) is 0 Å². The number of aryl methyl sites for hydroxylation is 1. The van der Waals surface area contributed by atoms with Crippen LogP contribution in [0.2, 0.25) is 0 Å². The number of rotatable bonds is 3. The van der Waals surface area contributed by atoms with Crippen molar-refractivity contribution in [2.45, 2.75) is 31.6 Å². The maximum Gasteiger partial charge on any atom is 0.435 e. The van der Waals surface area contributed by atoms with E-state index in [-0.39, 0.29) is 12.1 Å². The van der Waals surface area contributed by atoms with Gasteiger partial charge in [-0.15, -0.1) is 0 Å². The van der Waals surface area contributed by atoms with Gasteiger partial charge in [0.05, 0.1) is 0 Å². The molecule has 1 aromatic rings. The predicted molar refractivity (Wildman–Crippen MR) is 48.1 cm³/mol. The van der Waals surface area contributed by atoms with E-state index < -0.39 is 11.9 Å². The number of hydrogen-bond acceptors (Lipinski definition) is 2. The molecule has 6 heteroatoms. The van der Waals surface area contributed by atoms with E-state index in [0.717, 1.165) is 12.8 Å². The Morgan fingerprint density at radius 1 is 1.53 bits per heavy atom. The summed E-state index contributed by atoms with van der Waals surface area (Å²) in [7, 11) is 1.50. The third kappa shape index (κ3) is 2.50. The van der Waals surface area contributed by atoms with Crippen LogP contribution in [0.1, 0.15) is 24.1 Å². The second kappa shape index (κ2) is 3.52. The molecule has 84 valence electrons. The second-order valence-corrected chi connectivity index (χ2v) is 3.83. The lowest BCUT2D eigenvalue weighted by molar-refractivity contribution is -0.142. The fourth-order valence-corrected chi connectivity index (χ4v) is 1.45. The number of aromatic nitrogens is 2. The predicted octanol–water partition coefficient (Wildman–Crippen LogP) is 1.69. The van der Waals surface area contributed by atoms with Crippen LogP contribution in [0.15, 0.2) is 6.20 Å². The first-order chi connectivity index (χ1) is 6.97. The maximum atomic E-state index is 12.5. The molecule has 1 N–H and O–H groups in total. The first-order valence-electron chi connectivity index (χ1n) is 4.80. The lowest BCUT2D eigenvalue weighted by Crippen LogP contribution is -2.18. The highest BCUT2D eigenvalue weighted by atomic mass is 19.4. The second-order valence-electron chi connectivity index (χ2n) is 3.83. The van der Waals surface area contributed by atoms with Gasteiger partial charge in [-0.25, -0.2) is 0 Å². The number of hydrogen-bond donors (Lipinski definition) is 1. The normalized spacial score (nSPS) is 17.1. The number of halogens is 3. The molecule has 0 radical (unpaired) electrons. The van der Waals surface area contributed by atoms with Crippen molar-refractivity contribution in [2.75, 3.05) is 0 Å². The van der Waals surface area contributed by atoms with Crippen molar-refractivity contribution in [3.8, 4) is 0 Å². The van der Waals surface area contributed by atoms with E-state index in [2.05, 4.69) is 10.4 Å². The summed E-state index contributed by atoms with van der Waals surface area (Å²) in [5.74, 6) is 0. The van der Waals surface area contributed by atoms with Crippen LogP contribution < -0.4 is 5.32 Å². The van der Waals surface area contributed by atoms with Gasteiger partial charge < -0.3 is 5.32 Å². The molecule has 0 atom stereocenters. The third-order valence-corrected chi connectivity index (χ3v) is 2.33. The quantitative estimate of drug-likeness (QED) is 0.838. The van der Waals surface area contributed by atoms with Gasteiger partial charge in [0.1, 0.15) is 0 Å². The van der Waals surface area contributed by atoms with Crippen molar-refractivity contribution in [2.24, 2.45) is 7.05 Å². The summed E-state index contributed by atoms with van der Waals surface area (Å²) in [6.07, 6.45) is -0.830. The molecule has 0 aromatic carbocycles. The minimum atomic E-state index is -4.36. The molecule has 1 fully saturated rings. The Bertz CT molecular complexity index is 352. The van der Waals surface area contributed by atoms with E-state index in [1.54, 1.807) is 0 Å². The fourth-order valence-electron chi connectivity index (χ4n) is 1.45. The average Bonchev–Trinajstić information content (AvgIpc) is 2.85. The molecular weight excluding hydrogens is 207 g/mol. The number of nitrogens with one attached hydrogen (secondary N) is 1. The molecule has 1 aliphatic carbocycles. The van der Waals surface area contributed by atoms with Crippen LogP contribution in [0.3, 0.4) is 0 Å². The van der Waals surface area contributed by atoms with Crippen LogP contribution in [0.5, 0.6) is 0 Å².